The molecule has 2 aliphatic heterocycles. The molecule has 0 radical (unpaired) electrons. The van der Waals surface area contributed by atoms with Gasteiger partial charge in [-0.1, -0.05) is 5.21 Å². The van der Waals surface area contributed by atoms with E-state index in [1.165, 1.54) is 0 Å². The summed E-state index contributed by atoms with van der Waals surface area (Å²) in [4.78, 5) is 14.6. The molecular weight excluding hydrogens is 284 g/mol. The van der Waals surface area contributed by atoms with Crippen LogP contribution in [0.5, 0.6) is 0 Å². The number of nitrogens with zero attached hydrogens (tertiary/aromatic N) is 6. The molecule has 0 saturated carbocycles. The average Bonchev–Trinajstić information content (AvgIpc) is 3.12. The number of fused-ring (bicyclic) bond motifs is 3. The van der Waals surface area contributed by atoms with Gasteiger partial charge in [-0.2, -0.15) is 5.10 Å². The molecule has 0 aliphatic carbocycles. The molecule has 0 N–H and O–H groups in total. The van der Waals surface area contributed by atoms with Gasteiger partial charge in [0, 0.05) is 20.1 Å². The summed E-state index contributed by atoms with van der Waals surface area (Å²) in [5.74, 6) is 0.00814. The number of piperidine rings is 1. The van der Waals surface area contributed by atoms with Gasteiger partial charge in [0.1, 0.15) is 5.69 Å². The predicted octanol–water partition coefficient (Wildman–Crippen LogP) is 0.306. The molecule has 4 heterocycles. The summed E-state index contributed by atoms with van der Waals surface area (Å²) in [7, 11) is 1.80. The third-order valence-electron chi connectivity index (χ3n) is 4.44. The SMILES string of the molecule is Cc1cc(C(=O)N2CC[C@@H]3OCc4cnnn4[C@H]3C2)n(C)n1. The molecule has 1 saturated heterocycles. The van der Waals surface area contributed by atoms with Crippen LogP contribution in [-0.2, 0) is 18.4 Å². The molecule has 1 amide bonds. The van der Waals surface area contributed by atoms with E-state index < -0.39 is 0 Å². The molecule has 2 aromatic rings. The van der Waals surface area contributed by atoms with Crippen molar-refractivity contribution in [3.63, 3.8) is 0 Å². The minimum atomic E-state index is 0.00814. The molecule has 2 aliphatic rings. The van der Waals surface area contributed by atoms with Gasteiger partial charge in [-0.3, -0.25) is 9.48 Å². The maximum atomic E-state index is 12.7. The van der Waals surface area contributed by atoms with Crippen LogP contribution in [0.4, 0.5) is 0 Å². The number of hydrogen-bond acceptors (Lipinski definition) is 5. The van der Waals surface area contributed by atoms with Gasteiger partial charge in [0.15, 0.2) is 0 Å². The third kappa shape index (κ3) is 2.02. The Bertz CT molecular complexity index is 721. The normalized spacial score (nSPS) is 24.0. The summed E-state index contributed by atoms with van der Waals surface area (Å²) in [6.07, 6.45) is 2.64. The zero-order valence-corrected chi connectivity index (χ0v) is 12.6. The summed E-state index contributed by atoms with van der Waals surface area (Å²) in [5.41, 5.74) is 2.43. The number of ether oxygens (including phenoxy) is 1. The summed E-state index contributed by atoms with van der Waals surface area (Å²) in [6.45, 7) is 3.71. The lowest BCUT2D eigenvalue weighted by Gasteiger charge is -2.40. The minimum Gasteiger partial charge on any atom is -0.370 e. The largest absolute Gasteiger partial charge is 0.370 e. The fraction of sp³-hybridized carbons (Fsp3) is 0.571. The highest BCUT2D eigenvalue weighted by Crippen LogP contribution is 2.30. The minimum absolute atomic E-state index is 0.00814. The fourth-order valence-corrected chi connectivity index (χ4v) is 3.34. The molecular formula is C14H18N6O2. The number of aromatic nitrogens is 5. The van der Waals surface area contributed by atoms with Crippen molar-refractivity contribution < 1.29 is 9.53 Å². The molecule has 2 atom stereocenters. The predicted molar refractivity (Wildman–Crippen MR) is 76.1 cm³/mol. The first-order valence-corrected chi connectivity index (χ1v) is 7.44. The smallest absolute Gasteiger partial charge is 0.272 e. The van der Waals surface area contributed by atoms with Crippen molar-refractivity contribution in [3.8, 4) is 0 Å². The van der Waals surface area contributed by atoms with Crippen LogP contribution < -0.4 is 0 Å². The first-order chi connectivity index (χ1) is 10.6. The highest BCUT2D eigenvalue weighted by atomic mass is 16.5. The molecule has 8 nitrogen and oxygen atoms in total. The van der Waals surface area contributed by atoms with Crippen LogP contribution in [0.2, 0.25) is 0 Å². The van der Waals surface area contributed by atoms with E-state index in [-0.39, 0.29) is 18.1 Å². The number of carbonyl (C=O) groups is 1. The molecule has 0 unspecified atom stereocenters. The zero-order valence-electron chi connectivity index (χ0n) is 12.6. The van der Waals surface area contributed by atoms with Gasteiger partial charge in [0.25, 0.3) is 5.91 Å². The van der Waals surface area contributed by atoms with Crippen LogP contribution >= 0.6 is 0 Å². The molecule has 4 rings (SSSR count). The van der Waals surface area contributed by atoms with Crippen molar-refractivity contribution in [3.05, 3.63) is 29.3 Å². The van der Waals surface area contributed by atoms with Gasteiger partial charge in [-0.25, -0.2) is 4.68 Å². The van der Waals surface area contributed by atoms with Crippen molar-refractivity contribution in [2.24, 2.45) is 7.05 Å². The van der Waals surface area contributed by atoms with Gasteiger partial charge in [-0.15, -0.1) is 5.10 Å². The molecule has 0 aromatic carbocycles. The highest BCUT2D eigenvalue weighted by molar-refractivity contribution is 5.92. The Labute approximate surface area is 127 Å². The van der Waals surface area contributed by atoms with E-state index in [1.54, 1.807) is 17.9 Å². The Kier molecular flexibility index (Phi) is 3.00. The maximum Gasteiger partial charge on any atom is 0.272 e. The van der Waals surface area contributed by atoms with Gasteiger partial charge in [0.2, 0.25) is 0 Å². The number of aryl methyl sites for hydroxylation is 2. The third-order valence-corrected chi connectivity index (χ3v) is 4.44. The van der Waals surface area contributed by atoms with Crippen LogP contribution in [0.1, 0.15) is 34.3 Å². The maximum absolute atomic E-state index is 12.7. The summed E-state index contributed by atoms with van der Waals surface area (Å²) < 4.78 is 9.42. The highest BCUT2D eigenvalue weighted by Gasteiger charge is 2.38. The molecule has 8 heteroatoms. The van der Waals surface area contributed by atoms with Crippen molar-refractivity contribution in [2.75, 3.05) is 13.1 Å². The summed E-state index contributed by atoms with van der Waals surface area (Å²) in [6, 6.07) is 1.87. The monoisotopic (exact) mass is 302 g/mol. The van der Waals surface area contributed by atoms with E-state index in [9.17, 15) is 4.79 Å². The Morgan fingerprint density at radius 1 is 1.45 bits per heavy atom. The fourth-order valence-electron chi connectivity index (χ4n) is 3.34. The van der Waals surface area contributed by atoms with E-state index in [0.717, 1.165) is 17.8 Å². The van der Waals surface area contributed by atoms with Gasteiger partial charge in [-0.05, 0) is 19.4 Å². The van der Waals surface area contributed by atoms with Crippen molar-refractivity contribution in [1.82, 2.24) is 29.7 Å². The Balaban J connectivity index is 1.59. The van der Waals surface area contributed by atoms with Crippen LogP contribution in [-0.4, -0.2) is 54.8 Å². The number of likely N-dealkylation sites (tertiary alicyclic amines) is 1. The Hall–Kier alpha value is -2.22. The van der Waals surface area contributed by atoms with Crippen molar-refractivity contribution in [1.29, 1.82) is 0 Å². The summed E-state index contributed by atoms with van der Waals surface area (Å²) in [5, 5.41) is 12.4. The van der Waals surface area contributed by atoms with Crippen LogP contribution in [0.3, 0.4) is 0 Å². The summed E-state index contributed by atoms with van der Waals surface area (Å²) >= 11 is 0. The molecule has 0 spiro atoms. The van der Waals surface area contributed by atoms with E-state index >= 15 is 0 Å². The molecule has 22 heavy (non-hydrogen) atoms. The lowest BCUT2D eigenvalue weighted by molar-refractivity contribution is -0.0606. The first-order valence-electron chi connectivity index (χ1n) is 7.44. The van der Waals surface area contributed by atoms with Crippen LogP contribution in [0.25, 0.3) is 0 Å². The molecule has 2 aromatic heterocycles. The second-order valence-electron chi connectivity index (χ2n) is 5.92. The topological polar surface area (TPSA) is 78.1 Å². The first kappa shape index (κ1) is 13.4. The van der Waals surface area contributed by atoms with Gasteiger partial charge < -0.3 is 9.64 Å². The number of rotatable bonds is 1. The number of carbonyl (C=O) groups excluding carboxylic acids is 1. The Morgan fingerprint density at radius 3 is 3.09 bits per heavy atom. The van der Waals surface area contributed by atoms with Crippen molar-refractivity contribution >= 4 is 5.91 Å². The quantitative estimate of drug-likeness (QED) is 0.757. The standard InChI is InChI=1S/C14H18N6O2/c1-9-5-11(18(2)16-9)14(21)19-4-3-13-12(7-19)20-10(8-22-13)6-15-17-20/h5-6,12-13H,3-4,7-8H2,1-2H3/t12-,13-/m0/s1. The molecule has 0 bridgehead atoms. The van der Waals surface area contributed by atoms with Gasteiger partial charge in [0.05, 0.1) is 36.3 Å². The lowest BCUT2D eigenvalue weighted by atomic mass is 10.00. The van der Waals surface area contributed by atoms with E-state index in [1.807, 2.05) is 22.6 Å². The van der Waals surface area contributed by atoms with Crippen LogP contribution in [0, 0.1) is 6.92 Å². The lowest BCUT2D eigenvalue weighted by Crippen LogP contribution is -2.50. The molecule has 116 valence electrons. The molecule has 1 fully saturated rings. The van der Waals surface area contributed by atoms with E-state index in [4.69, 9.17) is 4.74 Å². The average molecular weight is 302 g/mol. The number of amides is 1. The Morgan fingerprint density at radius 2 is 2.32 bits per heavy atom. The zero-order chi connectivity index (χ0) is 15.3. The van der Waals surface area contributed by atoms with Gasteiger partial charge >= 0.3 is 0 Å². The van der Waals surface area contributed by atoms with Crippen molar-refractivity contribution in [2.45, 2.75) is 32.1 Å². The number of hydrogen-bond donors (Lipinski definition) is 0. The van der Waals surface area contributed by atoms with E-state index in [0.29, 0.717) is 25.4 Å². The second kappa shape index (κ2) is 4.91. The van der Waals surface area contributed by atoms with E-state index in [2.05, 4.69) is 15.4 Å². The second-order valence-corrected chi connectivity index (χ2v) is 5.92. The van der Waals surface area contributed by atoms with Crippen LogP contribution in [0.15, 0.2) is 12.3 Å².